The van der Waals surface area contributed by atoms with Crippen LogP contribution in [-0.4, -0.2) is 49.1 Å². The SMILES string of the molecule is Cc1ccc(CCCNC(=O)NC2CCN(CC(N)=O)CC2)c(C)c1. The summed E-state index contributed by atoms with van der Waals surface area (Å²) >= 11 is 0. The van der Waals surface area contributed by atoms with Crippen LogP contribution in [0.25, 0.3) is 0 Å². The number of likely N-dealkylation sites (tertiary alicyclic amines) is 1. The van der Waals surface area contributed by atoms with Gasteiger partial charge in [0.05, 0.1) is 6.54 Å². The monoisotopic (exact) mass is 346 g/mol. The predicted molar refractivity (Wildman–Crippen MR) is 99.4 cm³/mol. The lowest BCUT2D eigenvalue weighted by atomic mass is 10.0. The number of nitrogens with zero attached hydrogens (tertiary/aromatic N) is 1. The number of rotatable bonds is 7. The zero-order valence-corrected chi connectivity index (χ0v) is 15.3. The fourth-order valence-corrected chi connectivity index (χ4v) is 3.30. The first kappa shape index (κ1) is 19.2. The van der Waals surface area contributed by atoms with Crippen molar-refractivity contribution in [3.05, 3.63) is 34.9 Å². The number of carbonyl (C=O) groups is 2. The second-order valence-electron chi connectivity index (χ2n) is 6.95. The molecule has 1 saturated heterocycles. The highest BCUT2D eigenvalue weighted by Crippen LogP contribution is 2.12. The van der Waals surface area contributed by atoms with Gasteiger partial charge in [-0.25, -0.2) is 4.79 Å². The van der Waals surface area contributed by atoms with E-state index in [9.17, 15) is 9.59 Å². The van der Waals surface area contributed by atoms with Crippen LogP contribution in [0.4, 0.5) is 4.79 Å². The molecule has 1 aliphatic rings. The number of benzene rings is 1. The Kier molecular flexibility index (Phi) is 7.25. The maximum Gasteiger partial charge on any atom is 0.315 e. The molecule has 1 aliphatic heterocycles. The highest BCUT2D eigenvalue weighted by molar-refractivity contribution is 5.76. The molecule has 0 aliphatic carbocycles. The van der Waals surface area contributed by atoms with Crippen molar-refractivity contribution in [2.24, 2.45) is 5.73 Å². The predicted octanol–water partition coefficient (Wildman–Crippen LogP) is 1.48. The van der Waals surface area contributed by atoms with E-state index in [2.05, 4.69) is 42.7 Å². The smallest absolute Gasteiger partial charge is 0.315 e. The van der Waals surface area contributed by atoms with E-state index in [-0.39, 0.29) is 18.0 Å². The quantitative estimate of drug-likeness (QED) is 0.654. The third-order valence-electron chi connectivity index (χ3n) is 4.71. The van der Waals surface area contributed by atoms with Gasteiger partial charge in [-0.3, -0.25) is 9.69 Å². The Morgan fingerprint density at radius 1 is 1.24 bits per heavy atom. The zero-order valence-electron chi connectivity index (χ0n) is 15.3. The van der Waals surface area contributed by atoms with Gasteiger partial charge in [-0.05, 0) is 50.7 Å². The largest absolute Gasteiger partial charge is 0.369 e. The van der Waals surface area contributed by atoms with Gasteiger partial charge in [0.1, 0.15) is 0 Å². The summed E-state index contributed by atoms with van der Waals surface area (Å²) in [5, 5.41) is 5.95. The molecule has 4 N–H and O–H groups in total. The van der Waals surface area contributed by atoms with E-state index >= 15 is 0 Å². The molecular weight excluding hydrogens is 316 g/mol. The van der Waals surface area contributed by atoms with E-state index in [1.54, 1.807) is 0 Å². The van der Waals surface area contributed by atoms with Crippen LogP contribution in [0.1, 0.15) is 36.0 Å². The minimum Gasteiger partial charge on any atom is -0.369 e. The molecule has 0 radical (unpaired) electrons. The number of urea groups is 1. The molecule has 0 bridgehead atoms. The molecule has 1 heterocycles. The van der Waals surface area contributed by atoms with Gasteiger partial charge in [-0.15, -0.1) is 0 Å². The second kappa shape index (κ2) is 9.42. The van der Waals surface area contributed by atoms with E-state index in [1.807, 2.05) is 4.90 Å². The maximum atomic E-state index is 12.0. The van der Waals surface area contributed by atoms with Crippen molar-refractivity contribution in [3.63, 3.8) is 0 Å². The fourth-order valence-electron chi connectivity index (χ4n) is 3.30. The number of carbonyl (C=O) groups excluding carboxylic acids is 2. The number of primary amides is 1. The first-order valence-corrected chi connectivity index (χ1v) is 9.05. The summed E-state index contributed by atoms with van der Waals surface area (Å²) in [7, 11) is 0. The Balaban J connectivity index is 1.60. The number of aryl methyl sites for hydroxylation is 3. The summed E-state index contributed by atoms with van der Waals surface area (Å²) in [6, 6.07) is 6.56. The standard InChI is InChI=1S/C19H30N4O2/c1-14-5-6-16(15(2)12-14)4-3-9-21-19(25)22-17-7-10-23(11-8-17)13-18(20)24/h5-6,12,17H,3-4,7-11,13H2,1-2H3,(H2,20,24)(H2,21,22,25). The van der Waals surface area contributed by atoms with E-state index in [0.717, 1.165) is 38.8 Å². The second-order valence-corrected chi connectivity index (χ2v) is 6.95. The first-order valence-electron chi connectivity index (χ1n) is 9.05. The average Bonchev–Trinajstić information content (AvgIpc) is 2.54. The lowest BCUT2D eigenvalue weighted by Crippen LogP contribution is -2.49. The van der Waals surface area contributed by atoms with Gasteiger partial charge in [0.15, 0.2) is 0 Å². The van der Waals surface area contributed by atoms with Crippen LogP contribution in [0.2, 0.25) is 0 Å². The van der Waals surface area contributed by atoms with Crippen molar-refractivity contribution in [2.75, 3.05) is 26.2 Å². The Morgan fingerprint density at radius 3 is 2.60 bits per heavy atom. The molecule has 3 amide bonds. The summed E-state index contributed by atoms with van der Waals surface area (Å²) in [6.07, 6.45) is 3.60. The molecule has 6 heteroatoms. The van der Waals surface area contributed by atoms with Crippen molar-refractivity contribution < 1.29 is 9.59 Å². The number of amides is 3. The summed E-state index contributed by atoms with van der Waals surface area (Å²) in [4.78, 5) is 24.9. The number of hydrogen-bond donors (Lipinski definition) is 3. The third kappa shape index (κ3) is 6.74. The summed E-state index contributed by atoms with van der Waals surface area (Å²) < 4.78 is 0. The summed E-state index contributed by atoms with van der Waals surface area (Å²) in [5.74, 6) is -0.298. The number of hydrogen-bond acceptors (Lipinski definition) is 3. The summed E-state index contributed by atoms with van der Waals surface area (Å²) in [6.45, 7) is 6.78. The normalized spacial score (nSPS) is 15.8. The lowest BCUT2D eigenvalue weighted by Gasteiger charge is -2.31. The van der Waals surface area contributed by atoms with E-state index in [1.165, 1.54) is 16.7 Å². The lowest BCUT2D eigenvalue weighted by molar-refractivity contribution is -0.119. The van der Waals surface area contributed by atoms with Gasteiger partial charge in [-0.2, -0.15) is 0 Å². The number of nitrogens with one attached hydrogen (secondary N) is 2. The fraction of sp³-hybridized carbons (Fsp3) is 0.579. The molecule has 2 rings (SSSR count). The molecule has 25 heavy (non-hydrogen) atoms. The van der Waals surface area contributed by atoms with Crippen molar-refractivity contribution in [1.82, 2.24) is 15.5 Å². The van der Waals surface area contributed by atoms with Gasteiger partial charge in [0.2, 0.25) is 5.91 Å². The van der Waals surface area contributed by atoms with Gasteiger partial charge in [0.25, 0.3) is 0 Å². The van der Waals surface area contributed by atoms with Crippen LogP contribution in [0.15, 0.2) is 18.2 Å². The Labute approximate surface area is 150 Å². The molecule has 0 atom stereocenters. The minimum absolute atomic E-state index is 0.103. The average molecular weight is 346 g/mol. The highest BCUT2D eigenvalue weighted by Gasteiger charge is 2.21. The topological polar surface area (TPSA) is 87.5 Å². The molecule has 0 aromatic heterocycles. The van der Waals surface area contributed by atoms with Gasteiger partial charge < -0.3 is 16.4 Å². The molecule has 6 nitrogen and oxygen atoms in total. The number of piperidine rings is 1. The Bertz CT molecular complexity index is 595. The van der Waals surface area contributed by atoms with Gasteiger partial charge in [-0.1, -0.05) is 23.8 Å². The molecule has 138 valence electrons. The molecule has 1 fully saturated rings. The molecule has 0 spiro atoms. The van der Waals surface area contributed by atoms with Crippen molar-refractivity contribution in [1.29, 1.82) is 0 Å². The molecule has 0 unspecified atom stereocenters. The van der Waals surface area contributed by atoms with E-state index in [0.29, 0.717) is 13.1 Å². The van der Waals surface area contributed by atoms with Crippen LogP contribution in [-0.2, 0) is 11.2 Å². The van der Waals surface area contributed by atoms with Gasteiger partial charge >= 0.3 is 6.03 Å². The van der Waals surface area contributed by atoms with Crippen molar-refractivity contribution in [3.8, 4) is 0 Å². The minimum atomic E-state index is -0.298. The highest BCUT2D eigenvalue weighted by atomic mass is 16.2. The van der Waals surface area contributed by atoms with Crippen LogP contribution in [0, 0.1) is 13.8 Å². The Hall–Kier alpha value is -2.08. The third-order valence-corrected chi connectivity index (χ3v) is 4.71. The van der Waals surface area contributed by atoms with E-state index < -0.39 is 0 Å². The molecular formula is C19H30N4O2. The van der Waals surface area contributed by atoms with Crippen LogP contribution < -0.4 is 16.4 Å². The van der Waals surface area contributed by atoms with Crippen LogP contribution >= 0.6 is 0 Å². The first-order chi connectivity index (χ1) is 11.9. The van der Waals surface area contributed by atoms with E-state index in [4.69, 9.17) is 5.73 Å². The summed E-state index contributed by atoms with van der Waals surface area (Å²) in [5.41, 5.74) is 9.14. The molecule has 1 aromatic rings. The van der Waals surface area contributed by atoms with Gasteiger partial charge in [0, 0.05) is 25.7 Å². The zero-order chi connectivity index (χ0) is 18.2. The Morgan fingerprint density at radius 2 is 1.96 bits per heavy atom. The molecule has 1 aromatic carbocycles. The number of nitrogens with two attached hydrogens (primary N) is 1. The van der Waals surface area contributed by atoms with Crippen molar-refractivity contribution in [2.45, 2.75) is 45.6 Å². The maximum absolute atomic E-state index is 12.0. The van der Waals surface area contributed by atoms with Crippen molar-refractivity contribution >= 4 is 11.9 Å². The van der Waals surface area contributed by atoms with Crippen LogP contribution in [0.3, 0.4) is 0 Å². The molecule has 0 saturated carbocycles. The van der Waals surface area contributed by atoms with Crippen LogP contribution in [0.5, 0.6) is 0 Å².